The highest BCUT2D eigenvalue weighted by molar-refractivity contribution is 5.05. The Labute approximate surface area is 78.2 Å². The van der Waals surface area contributed by atoms with Gasteiger partial charge in [0.2, 0.25) is 0 Å². The Morgan fingerprint density at radius 1 is 1.54 bits per heavy atom. The van der Waals surface area contributed by atoms with Gasteiger partial charge in [0.1, 0.15) is 0 Å². The van der Waals surface area contributed by atoms with Crippen LogP contribution in [0.2, 0.25) is 0 Å². The number of rotatable bonds is 3. The standard InChI is InChI=1S/C10H15N3/c1-8(10-6-7-11-13-10)12-9-4-2-3-5-9/h2-3,6-9,12H,4-5H2,1H3,(H,11,13). The van der Waals surface area contributed by atoms with E-state index < -0.39 is 0 Å². The van der Waals surface area contributed by atoms with Crippen LogP contribution < -0.4 is 5.32 Å². The highest BCUT2D eigenvalue weighted by Gasteiger charge is 2.14. The van der Waals surface area contributed by atoms with E-state index in [-0.39, 0.29) is 0 Å². The van der Waals surface area contributed by atoms with Gasteiger partial charge in [0.25, 0.3) is 0 Å². The maximum atomic E-state index is 3.94. The minimum Gasteiger partial charge on any atom is -0.305 e. The average Bonchev–Trinajstić information content (AvgIpc) is 2.74. The molecule has 1 aromatic rings. The van der Waals surface area contributed by atoms with Crippen molar-refractivity contribution < 1.29 is 0 Å². The zero-order valence-corrected chi connectivity index (χ0v) is 7.83. The second-order valence-electron chi connectivity index (χ2n) is 3.54. The first-order chi connectivity index (χ1) is 6.36. The highest BCUT2D eigenvalue weighted by Crippen LogP contribution is 2.15. The summed E-state index contributed by atoms with van der Waals surface area (Å²) in [7, 11) is 0. The van der Waals surface area contributed by atoms with Crippen LogP contribution in [0.3, 0.4) is 0 Å². The third kappa shape index (κ3) is 1.98. The predicted octanol–water partition coefficient (Wildman–Crippen LogP) is 1.78. The van der Waals surface area contributed by atoms with Gasteiger partial charge in [-0.1, -0.05) is 12.2 Å². The third-order valence-corrected chi connectivity index (χ3v) is 2.48. The van der Waals surface area contributed by atoms with Crippen molar-refractivity contribution >= 4 is 0 Å². The Bertz CT molecular complexity index is 268. The van der Waals surface area contributed by atoms with Gasteiger partial charge in [0, 0.05) is 18.3 Å². The Hall–Kier alpha value is -1.09. The molecule has 2 N–H and O–H groups in total. The third-order valence-electron chi connectivity index (χ3n) is 2.48. The molecule has 13 heavy (non-hydrogen) atoms. The molecular weight excluding hydrogens is 162 g/mol. The molecule has 0 saturated heterocycles. The van der Waals surface area contributed by atoms with Crippen LogP contribution >= 0.6 is 0 Å². The van der Waals surface area contributed by atoms with Crippen LogP contribution in [0, 0.1) is 0 Å². The Kier molecular flexibility index (Phi) is 2.45. The quantitative estimate of drug-likeness (QED) is 0.691. The smallest absolute Gasteiger partial charge is 0.0518 e. The molecule has 0 radical (unpaired) electrons. The Morgan fingerprint density at radius 2 is 2.31 bits per heavy atom. The summed E-state index contributed by atoms with van der Waals surface area (Å²) in [5.41, 5.74) is 1.16. The number of aromatic nitrogens is 2. The maximum Gasteiger partial charge on any atom is 0.0518 e. The van der Waals surface area contributed by atoms with E-state index in [1.807, 2.05) is 6.07 Å². The van der Waals surface area contributed by atoms with E-state index in [1.165, 1.54) is 0 Å². The monoisotopic (exact) mass is 177 g/mol. The lowest BCUT2D eigenvalue weighted by atomic mass is 10.1. The van der Waals surface area contributed by atoms with Gasteiger partial charge in [0.15, 0.2) is 0 Å². The minimum absolute atomic E-state index is 0.368. The van der Waals surface area contributed by atoms with Gasteiger partial charge in [-0.2, -0.15) is 5.10 Å². The Morgan fingerprint density at radius 3 is 2.92 bits per heavy atom. The molecule has 2 rings (SSSR count). The van der Waals surface area contributed by atoms with Gasteiger partial charge >= 0.3 is 0 Å². The van der Waals surface area contributed by atoms with E-state index in [2.05, 4.69) is 34.6 Å². The number of hydrogen-bond donors (Lipinski definition) is 2. The molecule has 1 aliphatic rings. The van der Waals surface area contributed by atoms with Crippen molar-refractivity contribution in [1.29, 1.82) is 0 Å². The molecule has 1 aromatic heterocycles. The van der Waals surface area contributed by atoms with Crippen molar-refractivity contribution in [2.24, 2.45) is 0 Å². The Balaban J connectivity index is 1.88. The van der Waals surface area contributed by atoms with Crippen molar-refractivity contribution in [3.63, 3.8) is 0 Å². The minimum atomic E-state index is 0.368. The van der Waals surface area contributed by atoms with Gasteiger partial charge in [-0.25, -0.2) is 0 Å². The van der Waals surface area contributed by atoms with Crippen LogP contribution in [0.15, 0.2) is 24.4 Å². The molecule has 0 amide bonds. The molecule has 3 nitrogen and oxygen atoms in total. The van der Waals surface area contributed by atoms with Crippen molar-refractivity contribution in [3.8, 4) is 0 Å². The summed E-state index contributed by atoms with van der Waals surface area (Å²) in [6.07, 6.45) is 8.56. The van der Waals surface area contributed by atoms with Crippen LogP contribution in [-0.4, -0.2) is 16.2 Å². The summed E-state index contributed by atoms with van der Waals surface area (Å²) in [5, 5.41) is 10.5. The SMILES string of the molecule is CC(NC1CC=CC1)c1ccn[nH]1. The lowest BCUT2D eigenvalue weighted by Crippen LogP contribution is -2.29. The average molecular weight is 177 g/mol. The molecule has 0 spiro atoms. The molecule has 1 heterocycles. The number of nitrogens with zero attached hydrogens (tertiary/aromatic N) is 1. The van der Waals surface area contributed by atoms with Crippen LogP contribution in [0.1, 0.15) is 31.5 Å². The fraction of sp³-hybridized carbons (Fsp3) is 0.500. The van der Waals surface area contributed by atoms with E-state index in [0.717, 1.165) is 18.5 Å². The van der Waals surface area contributed by atoms with Crippen LogP contribution in [0.5, 0.6) is 0 Å². The van der Waals surface area contributed by atoms with E-state index in [9.17, 15) is 0 Å². The topological polar surface area (TPSA) is 40.7 Å². The zero-order chi connectivity index (χ0) is 9.10. The number of nitrogens with one attached hydrogen (secondary N) is 2. The highest BCUT2D eigenvalue weighted by atomic mass is 15.1. The molecular formula is C10H15N3. The van der Waals surface area contributed by atoms with Crippen LogP contribution in [0.25, 0.3) is 0 Å². The van der Waals surface area contributed by atoms with Gasteiger partial charge < -0.3 is 5.32 Å². The summed E-state index contributed by atoms with van der Waals surface area (Å²) in [6.45, 7) is 2.16. The second kappa shape index (κ2) is 3.75. The molecule has 1 aliphatic carbocycles. The lowest BCUT2D eigenvalue weighted by molar-refractivity contribution is 0.464. The van der Waals surface area contributed by atoms with Crippen LogP contribution in [-0.2, 0) is 0 Å². The summed E-state index contributed by atoms with van der Waals surface area (Å²) in [6, 6.07) is 2.99. The number of hydrogen-bond acceptors (Lipinski definition) is 2. The molecule has 1 unspecified atom stereocenters. The fourth-order valence-corrected chi connectivity index (χ4v) is 1.70. The predicted molar refractivity (Wildman–Crippen MR) is 52.3 cm³/mol. The first kappa shape index (κ1) is 8.51. The molecule has 3 heteroatoms. The molecule has 0 aliphatic heterocycles. The maximum absolute atomic E-state index is 3.94. The van der Waals surface area contributed by atoms with Gasteiger partial charge in [0.05, 0.1) is 5.69 Å². The van der Waals surface area contributed by atoms with Crippen LogP contribution in [0.4, 0.5) is 0 Å². The molecule has 1 atom stereocenters. The summed E-state index contributed by atoms with van der Waals surface area (Å²) in [5.74, 6) is 0. The van der Waals surface area contributed by atoms with Crippen molar-refractivity contribution in [3.05, 3.63) is 30.1 Å². The van der Waals surface area contributed by atoms with E-state index >= 15 is 0 Å². The number of aromatic amines is 1. The summed E-state index contributed by atoms with van der Waals surface area (Å²) < 4.78 is 0. The molecule has 0 fully saturated rings. The number of H-pyrrole nitrogens is 1. The van der Waals surface area contributed by atoms with Gasteiger partial charge in [-0.05, 0) is 25.8 Å². The molecule has 0 saturated carbocycles. The largest absolute Gasteiger partial charge is 0.305 e. The lowest BCUT2D eigenvalue weighted by Gasteiger charge is -2.17. The van der Waals surface area contributed by atoms with E-state index in [0.29, 0.717) is 12.1 Å². The first-order valence-electron chi connectivity index (χ1n) is 4.76. The first-order valence-corrected chi connectivity index (χ1v) is 4.76. The second-order valence-corrected chi connectivity index (χ2v) is 3.54. The zero-order valence-electron chi connectivity index (χ0n) is 7.83. The fourth-order valence-electron chi connectivity index (χ4n) is 1.70. The normalized spacial score (nSPS) is 19.5. The van der Waals surface area contributed by atoms with Gasteiger partial charge in [-0.15, -0.1) is 0 Å². The van der Waals surface area contributed by atoms with E-state index in [4.69, 9.17) is 0 Å². The van der Waals surface area contributed by atoms with Crippen molar-refractivity contribution in [2.75, 3.05) is 0 Å². The van der Waals surface area contributed by atoms with Crippen molar-refractivity contribution in [1.82, 2.24) is 15.5 Å². The molecule has 0 bridgehead atoms. The van der Waals surface area contributed by atoms with Crippen molar-refractivity contribution in [2.45, 2.75) is 31.8 Å². The summed E-state index contributed by atoms with van der Waals surface area (Å²) in [4.78, 5) is 0. The van der Waals surface area contributed by atoms with Gasteiger partial charge in [-0.3, -0.25) is 5.10 Å². The van der Waals surface area contributed by atoms with E-state index in [1.54, 1.807) is 6.20 Å². The summed E-state index contributed by atoms with van der Waals surface area (Å²) >= 11 is 0. The molecule has 70 valence electrons. The molecule has 0 aromatic carbocycles.